The number of benzene rings is 1. The summed E-state index contributed by atoms with van der Waals surface area (Å²) in [6, 6.07) is 6.95. The van der Waals surface area contributed by atoms with Crippen molar-refractivity contribution in [2.45, 2.75) is 41.2 Å². The molecular formula is C18H19ClN4O4S. The fourth-order valence-corrected chi connectivity index (χ4v) is 5.92. The number of nitrogens with two attached hydrogens (primary N) is 1. The van der Waals surface area contributed by atoms with Gasteiger partial charge in [0.2, 0.25) is 0 Å². The molecule has 1 aliphatic heterocycles. The lowest BCUT2D eigenvalue weighted by Crippen LogP contribution is -2.35. The first-order valence-corrected chi connectivity index (χ1v) is 10.6. The number of aliphatic imine (C=N–C) groups is 1. The Morgan fingerprint density at radius 1 is 1.18 bits per heavy atom. The Labute approximate surface area is 166 Å². The maximum Gasteiger partial charge on any atom is 0.183 e. The van der Waals surface area contributed by atoms with E-state index in [2.05, 4.69) is 10.1 Å². The van der Waals surface area contributed by atoms with Crippen molar-refractivity contribution in [3.05, 3.63) is 52.8 Å². The van der Waals surface area contributed by atoms with E-state index in [9.17, 15) is 18.6 Å². The fraction of sp³-hybridized carbons (Fsp3) is 0.333. The summed E-state index contributed by atoms with van der Waals surface area (Å²) in [6.45, 7) is 0. The number of nitrogens with zero attached hydrogens (tertiary/aromatic N) is 3. The van der Waals surface area contributed by atoms with E-state index in [1.807, 2.05) is 0 Å². The highest BCUT2D eigenvalue weighted by Gasteiger charge is 2.49. The van der Waals surface area contributed by atoms with Crippen LogP contribution in [0.25, 0.3) is 0 Å². The van der Waals surface area contributed by atoms with E-state index in [1.54, 1.807) is 23.0 Å². The second kappa shape index (κ2) is 7.00. The molecule has 0 saturated heterocycles. The monoisotopic (exact) mass is 422 g/mol. The van der Waals surface area contributed by atoms with Gasteiger partial charge in [-0.15, -0.1) is 0 Å². The number of aliphatic hydroxyl groups is 2. The van der Waals surface area contributed by atoms with Gasteiger partial charge in [-0.05, 0) is 36.8 Å². The summed E-state index contributed by atoms with van der Waals surface area (Å²) in [7, 11) is -3.85. The summed E-state index contributed by atoms with van der Waals surface area (Å²) in [5, 5.41) is 24.1. The van der Waals surface area contributed by atoms with Crippen LogP contribution in [0.4, 0.5) is 0 Å². The lowest BCUT2D eigenvalue weighted by molar-refractivity contribution is 0.0242. The fourth-order valence-electron chi connectivity index (χ4n) is 3.95. The van der Waals surface area contributed by atoms with Gasteiger partial charge >= 0.3 is 0 Å². The van der Waals surface area contributed by atoms with E-state index < -0.39 is 33.3 Å². The highest BCUT2D eigenvalue weighted by Crippen LogP contribution is 2.39. The molecule has 4 N–H and O–H groups in total. The average Bonchev–Trinajstić information content (AvgIpc) is 3.24. The molecule has 0 unspecified atom stereocenters. The summed E-state index contributed by atoms with van der Waals surface area (Å²) in [5.41, 5.74) is 1.55. The smallest absolute Gasteiger partial charge is 0.183 e. The Morgan fingerprint density at radius 2 is 1.89 bits per heavy atom. The summed E-state index contributed by atoms with van der Waals surface area (Å²) in [4.78, 5) is 4.20. The predicted octanol–water partition coefficient (Wildman–Crippen LogP) is 0.898. The van der Waals surface area contributed by atoms with Crippen LogP contribution in [-0.4, -0.2) is 52.7 Å². The molecule has 148 valence electrons. The molecule has 1 saturated carbocycles. The van der Waals surface area contributed by atoms with Crippen LogP contribution in [0.15, 0.2) is 51.5 Å². The van der Waals surface area contributed by atoms with Crippen LogP contribution in [0.5, 0.6) is 0 Å². The maximum absolute atomic E-state index is 13.0. The first kappa shape index (κ1) is 19.1. The lowest BCUT2D eigenvalue weighted by Gasteiger charge is -2.22. The quantitative estimate of drug-likeness (QED) is 0.499. The van der Waals surface area contributed by atoms with Crippen molar-refractivity contribution in [2.75, 3.05) is 0 Å². The average molecular weight is 423 g/mol. The second-order valence-electron chi connectivity index (χ2n) is 6.87. The highest BCUT2D eigenvalue weighted by molar-refractivity contribution is 7.92. The van der Waals surface area contributed by atoms with Gasteiger partial charge < -0.3 is 20.6 Å². The first-order chi connectivity index (χ1) is 13.3. The van der Waals surface area contributed by atoms with Gasteiger partial charge in [0.05, 0.1) is 22.3 Å². The molecule has 2 aliphatic rings. The summed E-state index contributed by atoms with van der Waals surface area (Å²) < 4.78 is 27.8. The van der Waals surface area contributed by atoms with E-state index in [1.165, 1.54) is 24.3 Å². The number of hydrogen-bond donors (Lipinski definition) is 3. The largest absolute Gasteiger partial charge is 0.389 e. The van der Waals surface area contributed by atoms with Crippen molar-refractivity contribution in [1.29, 1.82) is 0 Å². The standard InChI is InChI=1S/C18H19ClN4O4S/c19-10-1-3-11(4-2-10)28(26,27)15-9-14(16(24)17(15)25)23-8-6-12-13(23)5-7-21-18(12)22-20/h1-4,6-8,14-17,24-25H,5,9,20H2/b22-18+/t14-,15+,16+,17-/m1/s1. The topological polar surface area (TPSA) is 130 Å². The number of fused-ring (bicyclic) bond motifs is 1. The molecule has 1 aliphatic carbocycles. The zero-order valence-corrected chi connectivity index (χ0v) is 16.3. The molecule has 0 amide bonds. The van der Waals surface area contributed by atoms with Gasteiger partial charge in [-0.25, -0.2) is 13.4 Å². The van der Waals surface area contributed by atoms with Crippen LogP contribution in [0, 0.1) is 0 Å². The Hall–Kier alpha value is -2.20. The third-order valence-electron chi connectivity index (χ3n) is 5.38. The minimum atomic E-state index is -3.85. The van der Waals surface area contributed by atoms with E-state index >= 15 is 0 Å². The van der Waals surface area contributed by atoms with Crippen molar-refractivity contribution in [1.82, 2.24) is 4.57 Å². The molecule has 2 aromatic rings. The van der Waals surface area contributed by atoms with Crippen molar-refractivity contribution in [3.8, 4) is 0 Å². The minimum Gasteiger partial charge on any atom is -0.389 e. The number of halogens is 1. The third kappa shape index (κ3) is 2.95. The van der Waals surface area contributed by atoms with Crippen LogP contribution >= 0.6 is 11.6 Å². The van der Waals surface area contributed by atoms with Gasteiger partial charge in [-0.3, -0.25) is 0 Å². The minimum absolute atomic E-state index is 0.0630. The molecule has 28 heavy (non-hydrogen) atoms. The van der Waals surface area contributed by atoms with Crippen molar-refractivity contribution in [2.24, 2.45) is 15.9 Å². The van der Waals surface area contributed by atoms with Crippen molar-refractivity contribution in [3.63, 3.8) is 0 Å². The Balaban J connectivity index is 1.68. The van der Waals surface area contributed by atoms with Gasteiger partial charge in [-0.1, -0.05) is 11.6 Å². The van der Waals surface area contributed by atoms with Gasteiger partial charge in [0.25, 0.3) is 0 Å². The molecule has 0 spiro atoms. The molecule has 1 fully saturated rings. The molecule has 4 rings (SSSR count). The van der Waals surface area contributed by atoms with E-state index in [-0.39, 0.29) is 11.3 Å². The molecule has 1 aromatic heterocycles. The highest BCUT2D eigenvalue weighted by atomic mass is 35.5. The van der Waals surface area contributed by atoms with Gasteiger partial charge in [0.1, 0.15) is 6.10 Å². The summed E-state index contributed by atoms with van der Waals surface area (Å²) in [5.74, 6) is 5.74. The molecule has 1 aromatic carbocycles. The number of aromatic nitrogens is 1. The molecule has 4 atom stereocenters. The summed E-state index contributed by atoms with van der Waals surface area (Å²) >= 11 is 5.84. The number of amidine groups is 1. The van der Waals surface area contributed by atoms with Gasteiger partial charge in [-0.2, -0.15) is 5.10 Å². The molecule has 8 nitrogen and oxygen atoms in total. The van der Waals surface area contributed by atoms with Crippen LogP contribution in [0.3, 0.4) is 0 Å². The number of hydrogen-bond acceptors (Lipinski definition) is 6. The Bertz CT molecular complexity index is 1060. The second-order valence-corrected chi connectivity index (χ2v) is 9.48. The van der Waals surface area contributed by atoms with Crippen LogP contribution in [0.1, 0.15) is 23.7 Å². The molecule has 0 bridgehead atoms. The van der Waals surface area contributed by atoms with Crippen LogP contribution in [-0.2, 0) is 16.3 Å². The SMILES string of the molecule is N/N=C1/N=CCc2c1ccn2[C@@H]1C[C@H](S(=O)(=O)c2ccc(Cl)cc2)[C@@H](O)[C@H]1O. The van der Waals surface area contributed by atoms with Crippen molar-refractivity contribution < 1.29 is 18.6 Å². The number of sulfone groups is 1. The maximum atomic E-state index is 13.0. The first-order valence-electron chi connectivity index (χ1n) is 8.70. The number of aliphatic hydroxyl groups excluding tert-OH is 2. The molecular weight excluding hydrogens is 404 g/mol. The van der Waals surface area contributed by atoms with Crippen LogP contribution in [0.2, 0.25) is 5.02 Å². The number of hydrazone groups is 1. The van der Waals surface area contributed by atoms with E-state index in [0.717, 1.165) is 11.3 Å². The zero-order chi connectivity index (χ0) is 20.1. The van der Waals surface area contributed by atoms with E-state index in [0.29, 0.717) is 17.3 Å². The molecule has 10 heteroatoms. The Morgan fingerprint density at radius 3 is 2.57 bits per heavy atom. The lowest BCUT2D eigenvalue weighted by atomic mass is 10.1. The molecule has 2 heterocycles. The molecule has 0 radical (unpaired) electrons. The van der Waals surface area contributed by atoms with E-state index in [4.69, 9.17) is 17.4 Å². The van der Waals surface area contributed by atoms with Crippen LogP contribution < -0.4 is 5.84 Å². The Kier molecular flexibility index (Phi) is 4.78. The summed E-state index contributed by atoms with van der Waals surface area (Å²) in [6.07, 6.45) is 1.31. The zero-order valence-electron chi connectivity index (χ0n) is 14.7. The number of rotatable bonds is 3. The third-order valence-corrected chi connectivity index (χ3v) is 7.83. The van der Waals surface area contributed by atoms with Gasteiger partial charge in [0.15, 0.2) is 15.7 Å². The normalized spacial score (nSPS) is 28.6. The predicted molar refractivity (Wildman–Crippen MR) is 105 cm³/mol. The van der Waals surface area contributed by atoms with Crippen molar-refractivity contribution >= 4 is 33.5 Å². The van der Waals surface area contributed by atoms with Gasteiger partial charge in [0, 0.05) is 35.1 Å².